The highest BCUT2D eigenvalue weighted by Crippen LogP contribution is 2.27. The van der Waals surface area contributed by atoms with Crippen LogP contribution in [-0.2, 0) is 4.79 Å². The van der Waals surface area contributed by atoms with Gasteiger partial charge in [-0.05, 0) is 61.7 Å². The lowest BCUT2D eigenvalue weighted by molar-refractivity contribution is -0.129. The number of carbonyl (C=O) groups is 1. The van der Waals surface area contributed by atoms with Crippen molar-refractivity contribution in [2.24, 2.45) is 5.92 Å². The summed E-state index contributed by atoms with van der Waals surface area (Å²) in [5.74, 6) is -1.53. The Morgan fingerprint density at radius 1 is 1.09 bits per heavy atom. The number of rotatable bonds is 5. The molecule has 0 spiro atoms. The number of hydrogen-bond acceptors (Lipinski definition) is 3. The number of aromatic nitrogens is 1. The minimum Gasteiger partial charge on any atom is -0.394 e. The second-order valence-corrected chi connectivity index (χ2v) is 7.71. The summed E-state index contributed by atoms with van der Waals surface area (Å²) in [5.41, 5.74) is 1.58. The molecule has 1 aromatic heterocycles. The SMILES string of the molecule is CC.CC(O)C(CO)NC(=O)C1CCC1.Fc1ccc(-c2cc3cc(F)cc(F)c3[nH]2)cc1. The van der Waals surface area contributed by atoms with Crippen LogP contribution >= 0.6 is 0 Å². The van der Waals surface area contributed by atoms with Crippen LogP contribution in [0.2, 0.25) is 0 Å². The highest BCUT2D eigenvalue weighted by atomic mass is 19.1. The topological polar surface area (TPSA) is 85.3 Å². The molecular formula is C25H31F3N2O3. The fraction of sp³-hybridized carbons (Fsp3) is 0.400. The summed E-state index contributed by atoms with van der Waals surface area (Å²) in [7, 11) is 0. The number of benzene rings is 2. The van der Waals surface area contributed by atoms with Crippen LogP contribution < -0.4 is 5.32 Å². The summed E-state index contributed by atoms with van der Waals surface area (Å²) in [5, 5.41) is 21.1. The number of amides is 1. The Kier molecular flexibility index (Phi) is 9.94. The van der Waals surface area contributed by atoms with Crippen molar-refractivity contribution in [2.45, 2.75) is 52.2 Å². The molecule has 5 nitrogen and oxygen atoms in total. The maximum Gasteiger partial charge on any atom is 0.223 e. The first-order valence-corrected chi connectivity index (χ1v) is 11.1. The molecule has 2 atom stereocenters. The third-order valence-corrected chi connectivity index (χ3v) is 5.38. The van der Waals surface area contributed by atoms with E-state index >= 15 is 0 Å². The molecule has 1 aliphatic carbocycles. The molecule has 4 N–H and O–H groups in total. The monoisotopic (exact) mass is 464 g/mol. The van der Waals surface area contributed by atoms with Crippen LogP contribution in [0.25, 0.3) is 22.2 Å². The second-order valence-electron chi connectivity index (χ2n) is 7.71. The van der Waals surface area contributed by atoms with Crippen molar-refractivity contribution in [1.29, 1.82) is 0 Å². The zero-order valence-electron chi connectivity index (χ0n) is 19.0. The lowest BCUT2D eigenvalue weighted by Gasteiger charge is -2.27. The van der Waals surface area contributed by atoms with Gasteiger partial charge in [-0.25, -0.2) is 13.2 Å². The van der Waals surface area contributed by atoms with Crippen LogP contribution in [-0.4, -0.2) is 39.9 Å². The Labute approximate surface area is 191 Å². The molecule has 3 aromatic rings. The van der Waals surface area contributed by atoms with Crippen molar-refractivity contribution in [1.82, 2.24) is 10.3 Å². The lowest BCUT2D eigenvalue weighted by Crippen LogP contribution is -2.48. The zero-order valence-corrected chi connectivity index (χ0v) is 19.0. The van der Waals surface area contributed by atoms with Crippen molar-refractivity contribution >= 4 is 16.8 Å². The molecule has 1 heterocycles. The van der Waals surface area contributed by atoms with E-state index < -0.39 is 23.8 Å². The molecule has 8 heteroatoms. The molecule has 2 aromatic carbocycles. The summed E-state index contributed by atoms with van der Waals surface area (Å²) < 4.78 is 39.4. The molecule has 0 radical (unpaired) electrons. The first kappa shape index (κ1) is 26.4. The summed E-state index contributed by atoms with van der Waals surface area (Å²) in [6, 6.07) is 8.98. The van der Waals surface area contributed by atoms with Crippen LogP contribution in [0, 0.1) is 23.4 Å². The second kappa shape index (κ2) is 12.4. The molecule has 0 bridgehead atoms. The number of H-pyrrole nitrogens is 1. The number of hydrogen-bond donors (Lipinski definition) is 4. The molecule has 33 heavy (non-hydrogen) atoms. The molecule has 1 fully saturated rings. The van der Waals surface area contributed by atoms with E-state index in [2.05, 4.69) is 10.3 Å². The van der Waals surface area contributed by atoms with Crippen LogP contribution in [0.1, 0.15) is 40.0 Å². The Morgan fingerprint density at radius 2 is 1.73 bits per heavy atom. The summed E-state index contributed by atoms with van der Waals surface area (Å²) in [6.45, 7) is 5.35. The first-order chi connectivity index (χ1) is 15.8. The Morgan fingerprint density at radius 3 is 2.24 bits per heavy atom. The average molecular weight is 465 g/mol. The van der Waals surface area contributed by atoms with Gasteiger partial charge in [0.1, 0.15) is 17.5 Å². The first-order valence-electron chi connectivity index (χ1n) is 11.1. The smallest absolute Gasteiger partial charge is 0.223 e. The van der Waals surface area contributed by atoms with Gasteiger partial charge in [-0.1, -0.05) is 20.3 Å². The lowest BCUT2D eigenvalue weighted by atomic mass is 9.84. The van der Waals surface area contributed by atoms with Gasteiger partial charge in [0.15, 0.2) is 0 Å². The number of aliphatic hydroxyl groups is 2. The molecular weight excluding hydrogens is 433 g/mol. The Bertz CT molecular complexity index is 1030. The molecule has 1 amide bonds. The Balaban J connectivity index is 0.000000228. The largest absolute Gasteiger partial charge is 0.394 e. The molecule has 180 valence electrons. The van der Waals surface area contributed by atoms with Crippen LogP contribution in [0.5, 0.6) is 0 Å². The van der Waals surface area contributed by atoms with Crippen molar-refractivity contribution in [3.63, 3.8) is 0 Å². The number of fused-ring (bicyclic) bond motifs is 1. The van der Waals surface area contributed by atoms with Gasteiger partial charge in [0.25, 0.3) is 0 Å². The maximum atomic E-state index is 13.5. The average Bonchev–Trinajstić information content (AvgIpc) is 3.17. The van der Waals surface area contributed by atoms with E-state index in [0.717, 1.165) is 25.3 Å². The fourth-order valence-corrected chi connectivity index (χ4v) is 3.24. The Hall–Kier alpha value is -2.84. The van der Waals surface area contributed by atoms with Crippen molar-refractivity contribution in [2.75, 3.05) is 6.61 Å². The van der Waals surface area contributed by atoms with E-state index in [4.69, 9.17) is 10.2 Å². The third-order valence-electron chi connectivity index (χ3n) is 5.38. The van der Waals surface area contributed by atoms with E-state index in [1.54, 1.807) is 25.1 Å². The van der Waals surface area contributed by atoms with E-state index in [9.17, 15) is 18.0 Å². The predicted octanol–water partition coefficient (Wildman–Crippen LogP) is 4.92. The number of carbonyl (C=O) groups excluding carboxylic acids is 1. The van der Waals surface area contributed by atoms with Gasteiger partial charge < -0.3 is 20.5 Å². The maximum absolute atomic E-state index is 13.5. The molecule has 2 unspecified atom stereocenters. The molecule has 1 saturated carbocycles. The number of aromatic amines is 1. The van der Waals surface area contributed by atoms with Gasteiger partial charge in [-0.2, -0.15) is 0 Å². The van der Waals surface area contributed by atoms with Gasteiger partial charge in [-0.3, -0.25) is 4.79 Å². The van der Waals surface area contributed by atoms with Crippen molar-refractivity contribution in [3.05, 3.63) is 59.9 Å². The highest BCUT2D eigenvalue weighted by molar-refractivity contribution is 5.86. The molecule has 4 rings (SSSR count). The van der Waals surface area contributed by atoms with E-state index in [1.807, 2.05) is 13.8 Å². The minimum atomic E-state index is -0.700. The van der Waals surface area contributed by atoms with Crippen molar-refractivity contribution in [3.8, 4) is 11.3 Å². The van der Waals surface area contributed by atoms with Gasteiger partial charge >= 0.3 is 0 Å². The molecule has 1 aliphatic rings. The van der Waals surface area contributed by atoms with Gasteiger partial charge in [0.05, 0.1) is 24.3 Å². The number of halogens is 3. The van der Waals surface area contributed by atoms with Gasteiger partial charge in [0, 0.05) is 23.1 Å². The van der Waals surface area contributed by atoms with Crippen LogP contribution in [0.3, 0.4) is 0 Å². The zero-order chi connectivity index (χ0) is 24.5. The standard InChI is InChI=1S/C14H8F3N.C9H17NO3.C2H6/c15-10-3-1-8(2-4-10)13-6-9-5-11(16)7-12(17)14(9)18-13;1-6(12)8(5-11)10-9(13)7-3-2-4-7;1-2/h1-7,18H;6-8,11-12H,2-5H2,1H3,(H,10,13);1-2H3. The number of nitrogens with one attached hydrogen (secondary N) is 2. The van der Waals surface area contributed by atoms with Crippen molar-refractivity contribution < 1.29 is 28.2 Å². The quantitative estimate of drug-likeness (QED) is 0.432. The summed E-state index contributed by atoms with van der Waals surface area (Å²) in [6.07, 6.45) is 2.28. The summed E-state index contributed by atoms with van der Waals surface area (Å²) in [4.78, 5) is 14.2. The van der Waals surface area contributed by atoms with E-state index in [-0.39, 0.29) is 29.8 Å². The molecule has 0 aliphatic heterocycles. The molecule has 0 saturated heterocycles. The fourth-order valence-electron chi connectivity index (χ4n) is 3.24. The summed E-state index contributed by atoms with van der Waals surface area (Å²) >= 11 is 0. The minimum absolute atomic E-state index is 0.0359. The van der Waals surface area contributed by atoms with Gasteiger partial charge in [0.2, 0.25) is 5.91 Å². The van der Waals surface area contributed by atoms with Crippen LogP contribution in [0.4, 0.5) is 13.2 Å². The number of aliphatic hydroxyl groups excluding tert-OH is 2. The highest BCUT2D eigenvalue weighted by Gasteiger charge is 2.27. The normalized spacial score (nSPS) is 14.8. The third kappa shape index (κ3) is 7.07. The van der Waals surface area contributed by atoms with Gasteiger partial charge in [-0.15, -0.1) is 0 Å². The van der Waals surface area contributed by atoms with Crippen LogP contribution in [0.15, 0.2) is 42.5 Å². The van der Waals surface area contributed by atoms with E-state index in [0.29, 0.717) is 16.6 Å². The predicted molar refractivity (Wildman–Crippen MR) is 123 cm³/mol. The van der Waals surface area contributed by atoms with E-state index in [1.165, 1.54) is 18.2 Å².